The summed E-state index contributed by atoms with van der Waals surface area (Å²) in [5, 5.41) is 11.4. The molecule has 1 aromatic heterocycles. The maximum atomic E-state index is 11.6. The summed E-state index contributed by atoms with van der Waals surface area (Å²) in [6.07, 6.45) is 3.35. The zero-order valence-corrected chi connectivity index (χ0v) is 8.68. The third-order valence-corrected chi connectivity index (χ3v) is 2.65. The monoisotopic (exact) mass is 223 g/mol. The van der Waals surface area contributed by atoms with Crippen LogP contribution in [0.15, 0.2) is 22.8 Å². The average molecular weight is 223 g/mol. The SMILES string of the molecule is O=C(O)C[C@H](NC(=O)c1ccco1)C1CC1. The van der Waals surface area contributed by atoms with Gasteiger partial charge in [-0.15, -0.1) is 0 Å². The fourth-order valence-electron chi connectivity index (χ4n) is 1.67. The number of carbonyl (C=O) groups is 2. The van der Waals surface area contributed by atoms with E-state index in [0.717, 1.165) is 12.8 Å². The number of carbonyl (C=O) groups excluding carboxylic acids is 1. The number of hydrogen-bond donors (Lipinski definition) is 2. The van der Waals surface area contributed by atoms with Gasteiger partial charge in [-0.05, 0) is 30.9 Å². The van der Waals surface area contributed by atoms with E-state index in [1.54, 1.807) is 12.1 Å². The van der Waals surface area contributed by atoms with Gasteiger partial charge in [0.05, 0.1) is 12.7 Å². The zero-order chi connectivity index (χ0) is 11.5. The molecule has 1 heterocycles. The molecule has 1 saturated carbocycles. The van der Waals surface area contributed by atoms with Crippen LogP contribution in [0.2, 0.25) is 0 Å². The molecule has 86 valence electrons. The van der Waals surface area contributed by atoms with E-state index in [2.05, 4.69) is 5.32 Å². The van der Waals surface area contributed by atoms with Crippen LogP contribution in [-0.2, 0) is 4.79 Å². The minimum Gasteiger partial charge on any atom is -0.481 e. The molecule has 5 heteroatoms. The molecule has 2 rings (SSSR count). The molecule has 1 aromatic rings. The Morgan fingerprint density at radius 2 is 2.31 bits per heavy atom. The zero-order valence-electron chi connectivity index (χ0n) is 8.68. The van der Waals surface area contributed by atoms with E-state index < -0.39 is 5.97 Å². The molecule has 1 amide bonds. The number of carboxylic acid groups (broad SMARTS) is 1. The van der Waals surface area contributed by atoms with Gasteiger partial charge in [-0.2, -0.15) is 0 Å². The minimum absolute atomic E-state index is 0.0306. The summed E-state index contributed by atoms with van der Waals surface area (Å²) in [5.41, 5.74) is 0. The maximum Gasteiger partial charge on any atom is 0.305 e. The van der Waals surface area contributed by atoms with Crippen molar-refractivity contribution >= 4 is 11.9 Å². The van der Waals surface area contributed by atoms with Crippen LogP contribution in [0.1, 0.15) is 29.8 Å². The van der Waals surface area contributed by atoms with E-state index in [9.17, 15) is 9.59 Å². The van der Waals surface area contributed by atoms with Crippen LogP contribution in [0.5, 0.6) is 0 Å². The molecule has 1 aliphatic carbocycles. The van der Waals surface area contributed by atoms with Crippen LogP contribution >= 0.6 is 0 Å². The Hall–Kier alpha value is -1.78. The Morgan fingerprint density at radius 3 is 2.81 bits per heavy atom. The number of rotatable bonds is 5. The number of furan rings is 1. The molecule has 0 bridgehead atoms. The fourth-order valence-corrected chi connectivity index (χ4v) is 1.67. The second-order valence-corrected chi connectivity index (χ2v) is 3.99. The normalized spacial score (nSPS) is 16.8. The van der Waals surface area contributed by atoms with Crippen molar-refractivity contribution in [2.75, 3.05) is 0 Å². The Kier molecular flexibility index (Phi) is 2.94. The van der Waals surface area contributed by atoms with Crippen molar-refractivity contribution in [2.45, 2.75) is 25.3 Å². The first-order chi connectivity index (χ1) is 7.66. The molecular formula is C11H13NO4. The van der Waals surface area contributed by atoms with E-state index in [1.165, 1.54) is 6.26 Å². The van der Waals surface area contributed by atoms with Gasteiger partial charge in [-0.3, -0.25) is 9.59 Å². The van der Waals surface area contributed by atoms with Crippen molar-refractivity contribution in [3.8, 4) is 0 Å². The summed E-state index contributed by atoms with van der Waals surface area (Å²) in [5.74, 6) is -0.717. The largest absolute Gasteiger partial charge is 0.481 e. The lowest BCUT2D eigenvalue weighted by Gasteiger charge is -2.14. The molecule has 0 unspecified atom stereocenters. The van der Waals surface area contributed by atoms with Gasteiger partial charge in [0.2, 0.25) is 0 Å². The van der Waals surface area contributed by atoms with Gasteiger partial charge in [0, 0.05) is 6.04 Å². The summed E-state index contributed by atoms with van der Waals surface area (Å²) >= 11 is 0. The highest BCUT2D eigenvalue weighted by atomic mass is 16.4. The second kappa shape index (κ2) is 4.38. The standard InChI is InChI=1S/C11H13NO4/c13-10(14)6-8(7-3-4-7)12-11(15)9-2-1-5-16-9/h1-2,5,7-8H,3-4,6H2,(H,12,15)(H,13,14)/t8-/m0/s1. The number of aliphatic carboxylic acids is 1. The smallest absolute Gasteiger partial charge is 0.305 e. The van der Waals surface area contributed by atoms with Crippen molar-refractivity contribution in [1.29, 1.82) is 0 Å². The Bertz CT molecular complexity index is 381. The third-order valence-electron chi connectivity index (χ3n) is 2.65. The van der Waals surface area contributed by atoms with Crippen molar-refractivity contribution < 1.29 is 19.1 Å². The lowest BCUT2D eigenvalue weighted by molar-refractivity contribution is -0.137. The number of amides is 1. The minimum atomic E-state index is -0.892. The van der Waals surface area contributed by atoms with E-state index in [-0.39, 0.29) is 24.1 Å². The van der Waals surface area contributed by atoms with Gasteiger partial charge in [-0.1, -0.05) is 0 Å². The van der Waals surface area contributed by atoms with E-state index in [0.29, 0.717) is 5.92 Å². The van der Waals surface area contributed by atoms with Gasteiger partial charge in [0.1, 0.15) is 0 Å². The van der Waals surface area contributed by atoms with Crippen molar-refractivity contribution in [2.24, 2.45) is 5.92 Å². The van der Waals surface area contributed by atoms with Crippen LogP contribution in [-0.4, -0.2) is 23.0 Å². The van der Waals surface area contributed by atoms with E-state index in [1.807, 2.05) is 0 Å². The molecule has 1 fully saturated rings. The lowest BCUT2D eigenvalue weighted by Crippen LogP contribution is -2.37. The van der Waals surface area contributed by atoms with Gasteiger partial charge in [-0.25, -0.2) is 0 Å². The van der Waals surface area contributed by atoms with Crippen molar-refractivity contribution in [1.82, 2.24) is 5.32 Å². The summed E-state index contributed by atoms with van der Waals surface area (Å²) in [6.45, 7) is 0. The maximum absolute atomic E-state index is 11.6. The number of hydrogen-bond acceptors (Lipinski definition) is 3. The highest BCUT2D eigenvalue weighted by Crippen LogP contribution is 2.34. The first kappa shape index (κ1) is 10.7. The molecule has 5 nitrogen and oxygen atoms in total. The topological polar surface area (TPSA) is 79.5 Å². The van der Waals surface area contributed by atoms with Crippen LogP contribution in [0.3, 0.4) is 0 Å². The third kappa shape index (κ3) is 2.62. The lowest BCUT2D eigenvalue weighted by atomic mass is 10.1. The summed E-state index contributed by atoms with van der Waals surface area (Å²) in [6, 6.07) is 2.90. The van der Waals surface area contributed by atoms with E-state index >= 15 is 0 Å². The van der Waals surface area contributed by atoms with Crippen LogP contribution in [0.4, 0.5) is 0 Å². The molecule has 1 atom stereocenters. The molecule has 0 aliphatic heterocycles. The number of nitrogens with one attached hydrogen (secondary N) is 1. The highest BCUT2D eigenvalue weighted by molar-refractivity contribution is 5.91. The predicted molar refractivity (Wildman–Crippen MR) is 54.9 cm³/mol. The predicted octanol–water partition coefficient (Wildman–Crippen LogP) is 1.26. The quantitative estimate of drug-likeness (QED) is 0.787. The van der Waals surface area contributed by atoms with Gasteiger partial charge >= 0.3 is 5.97 Å². The van der Waals surface area contributed by atoms with E-state index in [4.69, 9.17) is 9.52 Å². The Balaban J connectivity index is 1.95. The van der Waals surface area contributed by atoms with Crippen molar-refractivity contribution in [3.05, 3.63) is 24.2 Å². The van der Waals surface area contributed by atoms with Crippen LogP contribution in [0, 0.1) is 5.92 Å². The summed E-state index contributed by atoms with van der Waals surface area (Å²) in [4.78, 5) is 22.3. The first-order valence-corrected chi connectivity index (χ1v) is 5.23. The van der Waals surface area contributed by atoms with Gasteiger partial charge < -0.3 is 14.8 Å². The summed E-state index contributed by atoms with van der Waals surface area (Å²) in [7, 11) is 0. The number of carboxylic acids is 1. The molecule has 2 N–H and O–H groups in total. The summed E-state index contributed by atoms with van der Waals surface area (Å²) < 4.78 is 4.94. The molecule has 0 radical (unpaired) electrons. The van der Waals surface area contributed by atoms with Crippen molar-refractivity contribution in [3.63, 3.8) is 0 Å². The molecule has 0 aromatic carbocycles. The Morgan fingerprint density at radius 1 is 1.56 bits per heavy atom. The second-order valence-electron chi connectivity index (χ2n) is 3.99. The first-order valence-electron chi connectivity index (χ1n) is 5.23. The van der Waals surface area contributed by atoms with Gasteiger partial charge in [0.25, 0.3) is 5.91 Å². The van der Waals surface area contributed by atoms with Crippen LogP contribution in [0.25, 0.3) is 0 Å². The molecule has 0 saturated heterocycles. The van der Waals surface area contributed by atoms with Gasteiger partial charge in [0.15, 0.2) is 5.76 Å². The molecular weight excluding hydrogens is 210 g/mol. The fraction of sp³-hybridized carbons (Fsp3) is 0.455. The Labute approximate surface area is 92.4 Å². The highest BCUT2D eigenvalue weighted by Gasteiger charge is 2.34. The molecule has 16 heavy (non-hydrogen) atoms. The average Bonchev–Trinajstić information content (AvgIpc) is 2.91. The molecule has 0 spiro atoms. The van der Waals surface area contributed by atoms with Crippen LogP contribution < -0.4 is 5.32 Å². The molecule has 1 aliphatic rings.